The molecule has 2 amide bonds. The monoisotopic (exact) mass is 368 g/mol. The van der Waals surface area contributed by atoms with E-state index in [9.17, 15) is 9.59 Å². The molecular formula is C22H16N4O2. The fourth-order valence-electron chi connectivity index (χ4n) is 2.97. The van der Waals surface area contributed by atoms with Crippen molar-refractivity contribution in [2.45, 2.75) is 0 Å². The standard InChI is InChI=1S/C22H16N4O2/c23-20(27)17-9-2-1-6-14(17)13-24-15-7-5-8-16(12-15)25-21-18-10-3-4-11-19(18)22(28)26-21/h1-13H,(H2,23,27)(H,25,26,28). The smallest absolute Gasteiger partial charge is 0.257 e. The molecule has 0 saturated heterocycles. The first kappa shape index (κ1) is 17.4. The predicted molar refractivity (Wildman–Crippen MR) is 109 cm³/mol. The number of hydrogen-bond donors (Lipinski definition) is 2. The highest BCUT2D eigenvalue weighted by molar-refractivity contribution is 6.23. The maximum absolute atomic E-state index is 12.0. The number of rotatable bonds is 4. The number of benzene rings is 3. The number of carbonyl (C=O) groups excluding carboxylic acids is 2. The molecule has 0 radical (unpaired) electrons. The first-order chi connectivity index (χ1) is 13.6. The number of amides is 2. The number of nitrogens with two attached hydrogens (primary N) is 1. The first-order valence-electron chi connectivity index (χ1n) is 8.64. The third kappa shape index (κ3) is 3.43. The number of nitrogens with one attached hydrogen (secondary N) is 1. The molecule has 0 unspecified atom stereocenters. The lowest BCUT2D eigenvalue weighted by Crippen LogP contribution is -2.21. The van der Waals surface area contributed by atoms with Crippen LogP contribution in [-0.4, -0.2) is 23.9 Å². The Hall–Kier alpha value is -4.06. The van der Waals surface area contributed by atoms with Crippen LogP contribution in [-0.2, 0) is 0 Å². The van der Waals surface area contributed by atoms with Gasteiger partial charge in [0.15, 0.2) is 0 Å². The highest BCUT2D eigenvalue weighted by atomic mass is 16.2. The second-order valence-corrected chi connectivity index (χ2v) is 6.19. The summed E-state index contributed by atoms with van der Waals surface area (Å²) in [5.41, 5.74) is 9.16. The Kier molecular flexibility index (Phi) is 4.51. The van der Waals surface area contributed by atoms with Crippen LogP contribution in [0.25, 0.3) is 0 Å². The molecule has 6 nitrogen and oxygen atoms in total. The number of aliphatic imine (C=N–C) groups is 2. The van der Waals surface area contributed by atoms with Gasteiger partial charge in [0, 0.05) is 22.9 Å². The van der Waals surface area contributed by atoms with Crippen molar-refractivity contribution in [3.05, 3.63) is 95.1 Å². The van der Waals surface area contributed by atoms with Crippen molar-refractivity contribution in [3.8, 4) is 0 Å². The quantitative estimate of drug-likeness (QED) is 0.691. The molecule has 3 N–H and O–H groups in total. The Morgan fingerprint density at radius 1 is 0.893 bits per heavy atom. The molecule has 3 aromatic carbocycles. The van der Waals surface area contributed by atoms with Crippen molar-refractivity contribution < 1.29 is 9.59 Å². The van der Waals surface area contributed by atoms with Crippen LogP contribution < -0.4 is 11.1 Å². The maximum atomic E-state index is 12.0. The molecule has 3 aromatic rings. The van der Waals surface area contributed by atoms with Gasteiger partial charge in [0.25, 0.3) is 5.91 Å². The van der Waals surface area contributed by atoms with Gasteiger partial charge in [-0.3, -0.25) is 14.6 Å². The predicted octanol–water partition coefficient (Wildman–Crippen LogP) is 3.36. The summed E-state index contributed by atoms with van der Waals surface area (Å²) in [7, 11) is 0. The van der Waals surface area contributed by atoms with E-state index in [4.69, 9.17) is 5.73 Å². The normalized spacial score (nSPS) is 14.3. The topological polar surface area (TPSA) is 96.9 Å². The third-order valence-corrected chi connectivity index (χ3v) is 4.31. The molecule has 0 fully saturated rings. The summed E-state index contributed by atoms with van der Waals surface area (Å²) in [5.74, 6) is -0.148. The first-order valence-corrected chi connectivity index (χ1v) is 8.64. The molecule has 0 aliphatic carbocycles. The van der Waals surface area contributed by atoms with Crippen LogP contribution in [0.5, 0.6) is 0 Å². The van der Waals surface area contributed by atoms with Crippen LogP contribution in [0, 0.1) is 0 Å². The van der Waals surface area contributed by atoms with Crippen LogP contribution in [0.2, 0.25) is 0 Å². The van der Waals surface area contributed by atoms with E-state index in [1.54, 1.807) is 36.5 Å². The van der Waals surface area contributed by atoms with E-state index in [1.165, 1.54) is 0 Å². The van der Waals surface area contributed by atoms with Crippen molar-refractivity contribution in [1.82, 2.24) is 5.32 Å². The average Bonchev–Trinajstić information content (AvgIpc) is 3.02. The van der Waals surface area contributed by atoms with E-state index in [1.807, 2.05) is 42.5 Å². The van der Waals surface area contributed by atoms with Gasteiger partial charge >= 0.3 is 0 Å². The minimum atomic E-state index is -0.502. The molecule has 0 saturated carbocycles. The molecule has 28 heavy (non-hydrogen) atoms. The van der Waals surface area contributed by atoms with E-state index in [2.05, 4.69) is 15.3 Å². The fraction of sp³-hybridized carbons (Fsp3) is 0. The zero-order valence-corrected chi connectivity index (χ0v) is 14.8. The van der Waals surface area contributed by atoms with E-state index in [0.29, 0.717) is 33.9 Å². The van der Waals surface area contributed by atoms with Gasteiger partial charge in [-0.2, -0.15) is 0 Å². The average molecular weight is 368 g/mol. The number of nitrogens with zero attached hydrogens (tertiary/aromatic N) is 2. The van der Waals surface area contributed by atoms with Crippen LogP contribution in [0.3, 0.4) is 0 Å². The summed E-state index contributed by atoms with van der Waals surface area (Å²) in [6, 6.07) is 21.6. The Balaban J connectivity index is 1.63. The van der Waals surface area contributed by atoms with Gasteiger partial charge in [-0.1, -0.05) is 42.5 Å². The van der Waals surface area contributed by atoms with Crippen molar-refractivity contribution >= 4 is 35.2 Å². The third-order valence-electron chi connectivity index (χ3n) is 4.31. The van der Waals surface area contributed by atoms with Crippen molar-refractivity contribution in [2.24, 2.45) is 15.7 Å². The van der Waals surface area contributed by atoms with Gasteiger partial charge in [0.1, 0.15) is 5.84 Å². The Morgan fingerprint density at radius 3 is 2.43 bits per heavy atom. The highest BCUT2D eigenvalue weighted by Gasteiger charge is 2.24. The molecule has 1 heterocycles. The van der Waals surface area contributed by atoms with Crippen molar-refractivity contribution in [1.29, 1.82) is 0 Å². The van der Waals surface area contributed by atoms with Gasteiger partial charge in [0.2, 0.25) is 5.91 Å². The lowest BCUT2D eigenvalue weighted by Gasteiger charge is -2.02. The Morgan fingerprint density at radius 2 is 1.61 bits per heavy atom. The zero-order valence-electron chi connectivity index (χ0n) is 14.8. The summed E-state index contributed by atoms with van der Waals surface area (Å²) < 4.78 is 0. The van der Waals surface area contributed by atoms with Crippen LogP contribution in [0.4, 0.5) is 11.4 Å². The highest BCUT2D eigenvalue weighted by Crippen LogP contribution is 2.23. The lowest BCUT2D eigenvalue weighted by molar-refractivity contribution is 0.0980. The van der Waals surface area contributed by atoms with E-state index < -0.39 is 5.91 Å². The minimum absolute atomic E-state index is 0.161. The van der Waals surface area contributed by atoms with Crippen LogP contribution in [0.15, 0.2) is 82.8 Å². The maximum Gasteiger partial charge on any atom is 0.257 e. The molecule has 1 aliphatic rings. The van der Waals surface area contributed by atoms with Gasteiger partial charge < -0.3 is 11.1 Å². The number of amidine groups is 1. The van der Waals surface area contributed by atoms with Gasteiger partial charge in [-0.15, -0.1) is 0 Å². The Labute approximate surface area is 161 Å². The zero-order chi connectivity index (χ0) is 19.5. The summed E-state index contributed by atoms with van der Waals surface area (Å²) in [4.78, 5) is 32.5. The van der Waals surface area contributed by atoms with Crippen molar-refractivity contribution in [3.63, 3.8) is 0 Å². The summed E-state index contributed by atoms with van der Waals surface area (Å²) in [5, 5.41) is 2.79. The molecule has 0 atom stereocenters. The summed E-state index contributed by atoms with van der Waals surface area (Å²) in [6.07, 6.45) is 1.60. The molecular weight excluding hydrogens is 352 g/mol. The molecule has 6 heteroatoms. The van der Waals surface area contributed by atoms with E-state index in [-0.39, 0.29) is 5.91 Å². The minimum Gasteiger partial charge on any atom is -0.366 e. The number of carbonyl (C=O) groups is 2. The van der Waals surface area contributed by atoms with Crippen molar-refractivity contribution in [2.75, 3.05) is 0 Å². The second-order valence-electron chi connectivity index (χ2n) is 6.19. The second kappa shape index (κ2) is 7.28. The number of hydrogen-bond acceptors (Lipinski definition) is 4. The number of fused-ring (bicyclic) bond motifs is 1. The largest absolute Gasteiger partial charge is 0.366 e. The fourth-order valence-corrected chi connectivity index (χ4v) is 2.97. The van der Waals surface area contributed by atoms with E-state index >= 15 is 0 Å². The SMILES string of the molecule is NC(=O)c1ccccc1C=Nc1cccc(N=C2NC(=O)c3ccccc32)c1. The molecule has 0 spiro atoms. The molecule has 4 rings (SSSR count). The molecule has 0 aromatic heterocycles. The summed E-state index contributed by atoms with van der Waals surface area (Å²) in [6.45, 7) is 0. The Bertz CT molecular complexity index is 1150. The van der Waals surface area contributed by atoms with Gasteiger partial charge in [-0.05, 0) is 30.3 Å². The van der Waals surface area contributed by atoms with Gasteiger partial charge in [0.05, 0.1) is 16.9 Å². The molecule has 1 aliphatic heterocycles. The van der Waals surface area contributed by atoms with Gasteiger partial charge in [-0.25, -0.2) is 4.99 Å². The molecule has 0 bridgehead atoms. The summed E-state index contributed by atoms with van der Waals surface area (Å²) >= 11 is 0. The molecule has 136 valence electrons. The van der Waals surface area contributed by atoms with Crippen LogP contribution >= 0.6 is 0 Å². The van der Waals surface area contributed by atoms with E-state index in [0.717, 1.165) is 5.56 Å². The number of primary amides is 1. The van der Waals surface area contributed by atoms with Crippen LogP contribution in [0.1, 0.15) is 31.8 Å². The lowest BCUT2D eigenvalue weighted by atomic mass is 10.1.